The van der Waals surface area contributed by atoms with Crippen molar-refractivity contribution >= 4 is 23.5 Å². The van der Waals surface area contributed by atoms with Gasteiger partial charge in [-0.2, -0.15) is 0 Å². The van der Waals surface area contributed by atoms with Crippen molar-refractivity contribution in [2.24, 2.45) is 5.73 Å². The first-order chi connectivity index (χ1) is 12.4. The first kappa shape index (κ1) is 19.4. The lowest BCUT2D eigenvalue weighted by Crippen LogP contribution is -2.19. The zero-order valence-electron chi connectivity index (χ0n) is 14.3. The number of Topliss-reactive ketones (excluding diaryl/α,β-unsaturated/α-hetero) is 1. The van der Waals surface area contributed by atoms with Gasteiger partial charge in [0.05, 0.1) is 6.10 Å². The summed E-state index contributed by atoms with van der Waals surface area (Å²) >= 11 is 0. The van der Waals surface area contributed by atoms with Gasteiger partial charge in [0.25, 0.3) is 0 Å². The summed E-state index contributed by atoms with van der Waals surface area (Å²) in [4.78, 5) is 34.0. The molecule has 0 fully saturated rings. The van der Waals surface area contributed by atoms with Crippen LogP contribution in [0.1, 0.15) is 32.1 Å². The van der Waals surface area contributed by atoms with Crippen LogP contribution in [-0.2, 0) is 9.59 Å². The van der Waals surface area contributed by atoms with Gasteiger partial charge in [0.2, 0.25) is 0 Å². The molecule has 1 aromatic rings. The number of aliphatic hydroxyl groups excluding tert-OH is 1. The van der Waals surface area contributed by atoms with Crippen LogP contribution in [0.25, 0.3) is 0 Å². The number of hydrogen-bond acceptors (Lipinski definition) is 5. The summed E-state index contributed by atoms with van der Waals surface area (Å²) in [6.45, 7) is 0. The van der Waals surface area contributed by atoms with Crippen LogP contribution >= 0.6 is 0 Å². The molecule has 7 nitrogen and oxygen atoms in total. The lowest BCUT2D eigenvalue weighted by atomic mass is 10.1. The summed E-state index contributed by atoms with van der Waals surface area (Å²) in [6.07, 6.45) is 7.00. The van der Waals surface area contributed by atoms with Crippen LogP contribution in [0.2, 0.25) is 0 Å². The topological polar surface area (TPSA) is 119 Å². The highest BCUT2D eigenvalue weighted by atomic mass is 16.5. The number of urea groups is 1. The van der Waals surface area contributed by atoms with Crippen LogP contribution in [0, 0.1) is 0 Å². The molecule has 1 aliphatic carbocycles. The zero-order chi connectivity index (χ0) is 18.9. The Hall–Kier alpha value is -2.93. The van der Waals surface area contributed by atoms with E-state index in [4.69, 9.17) is 10.5 Å². The van der Waals surface area contributed by atoms with Gasteiger partial charge in [-0.05, 0) is 55.2 Å². The van der Waals surface area contributed by atoms with Gasteiger partial charge in [-0.25, -0.2) is 4.79 Å². The molecule has 1 aromatic carbocycles. The van der Waals surface area contributed by atoms with Crippen molar-refractivity contribution < 1.29 is 24.2 Å². The van der Waals surface area contributed by atoms with Gasteiger partial charge < -0.3 is 20.9 Å². The van der Waals surface area contributed by atoms with E-state index >= 15 is 0 Å². The number of aliphatic hydroxyl groups is 1. The Bertz CT molecular complexity index is 722. The molecule has 2 amide bonds. The summed E-state index contributed by atoms with van der Waals surface area (Å²) in [5.74, 6) is 0.0411. The normalized spacial score (nSPS) is 16.6. The molecule has 1 atom stereocenters. The number of unbranched alkanes of at least 4 members (excludes halogenated alkanes) is 1. The second-order valence-electron chi connectivity index (χ2n) is 5.94. The summed E-state index contributed by atoms with van der Waals surface area (Å²) in [7, 11) is 0. The van der Waals surface area contributed by atoms with Crippen LogP contribution in [0.5, 0.6) is 5.75 Å². The third-order valence-electron chi connectivity index (χ3n) is 3.76. The van der Waals surface area contributed by atoms with Gasteiger partial charge in [0.1, 0.15) is 5.75 Å². The lowest BCUT2D eigenvalue weighted by molar-refractivity contribution is -0.134. The fourth-order valence-electron chi connectivity index (χ4n) is 2.51. The molecule has 4 N–H and O–H groups in total. The molecule has 138 valence electrons. The Morgan fingerprint density at radius 1 is 1.27 bits per heavy atom. The van der Waals surface area contributed by atoms with Crippen molar-refractivity contribution in [1.82, 2.24) is 0 Å². The zero-order valence-corrected chi connectivity index (χ0v) is 14.3. The molecule has 2 rings (SSSR count). The molecular formula is C19H22N2O5. The Balaban J connectivity index is 1.64. The van der Waals surface area contributed by atoms with Crippen LogP contribution in [-0.4, -0.2) is 29.0 Å². The van der Waals surface area contributed by atoms with E-state index in [1.165, 1.54) is 0 Å². The van der Waals surface area contributed by atoms with E-state index in [-0.39, 0.29) is 24.6 Å². The molecule has 0 radical (unpaired) electrons. The third-order valence-corrected chi connectivity index (χ3v) is 3.76. The molecule has 0 saturated heterocycles. The molecule has 0 spiro atoms. The number of anilines is 1. The molecule has 0 bridgehead atoms. The van der Waals surface area contributed by atoms with E-state index in [1.54, 1.807) is 30.3 Å². The minimum absolute atomic E-state index is 0.0113. The summed E-state index contributed by atoms with van der Waals surface area (Å²) in [5.41, 5.74) is 6.17. The van der Waals surface area contributed by atoms with Gasteiger partial charge in [0, 0.05) is 18.5 Å². The van der Waals surface area contributed by atoms with Crippen molar-refractivity contribution in [2.75, 3.05) is 5.32 Å². The maximum absolute atomic E-state index is 11.8. The third kappa shape index (κ3) is 6.52. The number of carbonyl (C=O) groups is 3. The lowest BCUT2D eigenvalue weighted by Gasteiger charge is -2.05. The Morgan fingerprint density at radius 3 is 2.62 bits per heavy atom. The molecule has 1 unspecified atom stereocenters. The number of ether oxygens (including phenoxy) is 1. The predicted octanol–water partition coefficient (Wildman–Crippen LogP) is 2.46. The van der Waals surface area contributed by atoms with E-state index in [0.29, 0.717) is 36.3 Å². The highest BCUT2D eigenvalue weighted by Crippen LogP contribution is 2.19. The molecular weight excluding hydrogens is 336 g/mol. The van der Waals surface area contributed by atoms with E-state index in [1.807, 2.05) is 12.2 Å². The number of amides is 2. The average molecular weight is 358 g/mol. The standard InChI is InChI=1S/C19H22N2O5/c20-19(25)21-14-7-9-16(10-8-14)26-18(24)6-4-2-1-3-5-13-11-15(22)12-17(13)23/h1,3,7-11,15,22H,2,4-6,12H2,(H3,20,21,25). The largest absolute Gasteiger partial charge is 0.427 e. The van der Waals surface area contributed by atoms with Gasteiger partial charge in [0.15, 0.2) is 5.78 Å². The number of rotatable bonds is 8. The number of benzene rings is 1. The van der Waals surface area contributed by atoms with E-state index < -0.39 is 12.1 Å². The molecule has 26 heavy (non-hydrogen) atoms. The van der Waals surface area contributed by atoms with Crippen molar-refractivity contribution in [1.29, 1.82) is 0 Å². The maximum Gasteiger partial charge on any atom is 0.316 e. The molecule has 7 heteroatoms. The van der Waals surface area contributed by atoms with Crippen molar-refractivity contribution in [2.45, 2.75) is 38.2 Å². The van der Waals surface area contributed by atoms with Crippen LogP contribution in [0.15, 0.2) is 48.1 Å². The number of esters is 1. The highest BCUT2D eigenvalue weighted by Gasteiger charge is 2.20. The van der Waals surface area contributed by atoms with Gasteiger partial charge >= 0.3 is 12.0 Å². The first-order valence-electron chi connectivity index (χ1n) is 8.38. The predicted molar refractivity (Wildman–Crippen MR) is 96.6 cm³/mol. The molecule has 0 saturated carbocycles. The SMILES string of the molecule is NC(=O)Nc1ccc(OC(=O)CCCC=CCC2=CC(O)CC2=O)cc1. The van der Waals surface area contributed by atoms with E-state index in [2.05, 4.69) is 5.32 Å². The second kappa shape index (κ2) is 9.53. The monoisotopic (exact) mass is 358 g/mol. The van der Waals surface area contributed by atoms with Crippen molar-refractivity contribution in [3.05, 3.63) is 48.1 Å². The summed E-state index contributed by atoms with van der Waals surface area (Å²) < 4.78 is 5.20. The van der Waals surface area contributed by atoms with Crippen LogP contribution in [0.4, 0.5) is 10.5 Å². The first-order valence-corrected chi connectivity index (χ1v) is 8.38. The number of nitrogens with one attached hydrogen (secondary N) is 1. The van der Waals surface area contributed by atoms with E-state index in [9.17, 15) is 19.5 Å². The fraction of sp³-hybridized carbons (Fsp3) is 0.316. The number of nitrogens with two attached hydrogens (primary N) is 1. The molecule has 1 aliphatic rings. The smallest absolute Gasteiger partial charge is 0.316 e. The number of carbonyl (C=O) groups excluding carboxylic acids is 3. The van der Waals surface area contributed by atoms with Gasteiger partial charge in [-0.3, -0.25) is 9.59 Å². The van der Waals surface area contributed by atoms with Gasteiger partial charge in [-0.15, -0.1) is 0 Å². The Kier molecular flexibility index (Phi) is 7.11. The quantitative estimate of drug-likeness (QED) is 0.285. The number of hydrogen-bond donors (Lipinski definition) is 3. The number of primary amides is 1. The molecule has 0 heterocycles. The van der Waals surface area contributed by atoms with E-state index in [0.717, 1.165) is 0 Å². The maximum atomic E-state index is 11.8. The number of allylic oxidation sites excluding steroid dienone is 3. The van der Waals surface area contributed by atoms with Crippen LogP contribution < -0.4 is 15.8 Å². The van der Waals surface area contributed by atoms with Gasteiger partial charge in [-0.1, -0.05) is 12.2 Å². The average Bonchev–Trinajstić information content (AvgIpc) is 2.89. The minimum atomic E-state index is -0.660. The summed E-state index contributed by atoms with van der Waals surface area (Å²) in [6, 6.07) is 5.67. The Morgan fingerprint density at radius 2 is 2.00 bits per heavy atom. The van der Waals surface area contributed by atoms with Crippen molar-refractivity contribution in [3.8, 4) is 5.75 Å². The molecule has 0 aliphatic heterocycles. The minimum Gasteiger partial charge on any atom is -0.427 e. The summed E-state index contributed by atoms with van der Waals surface area (Å²) in [5, 5.41) is 11.8. The Labute approximate surface area is 151 Å². The fourth-order valence-corrected chi connectivity index (χ4v) is 2.51. The second-order valence-corrected chi connectivity index (χ2v) is 5.94. The highest BCUT2D eigenvalue weighted by molar-refractivity contribution is 5.98. The van der Waals surface area contributed by atoms with Crippen LogP contribution in [0.3, 0.4) is 0 Å². The molecule has 0 aromatic heterocycles. The van der Waals surface area contributed by atoms with Crippen molar-refractivity contribution in [3.63, 3.8) is 0 Å². The number of ketones is 1.